The van der Waals surface area contributed by atoms with Crippen molar-refractivity contribution in [3.8, 4) is 5.75 Å². The molecular formula is C17H22N2O5S2. The first kappa shape index (κ1) is 20.2. The van der Waals surface area contributed by atoms with Gasteiger partial charge < -0.3 is 4.74 Å². The number of ether oxygens (including phenoxy) is 1. The number of methoxy groups -OCH3 is 1. The Bertz CT molecular complexity index is 951. The Labute approximate surface area is 154 Å². The second kappa shape index (κ2) is 8.07. The van der Waals surface area contributed by atoms with Crippen LogP contribution in [0.3, 0.4) is 0 Å². The standard InChI is InChI=1S/C17H22N2O5S2/c1-4-19(5-2)26(22,23)15-12-10-14(11-13-15)18-25(20,21)17-9-7-6-8-16(17)24-3/h6-13,18H,4-5H2,1-3H3. The molecule has 1 N–H and O–H groups in total. The molecule has 0 aliphatic carbocycles. The number of sulfonamides is 2. The molecule has 2 aromatic carbocycles. The van der Waals surface area contributed by atoms with Crippen molar-refractivity contribution in [3.05, 3.63) is 48.5 Å². The fraction of sp³-hybridized carbons (Fsp3) is 0.294. The maximum absolute atomic E-state index is 12.5. The summed E-state index contributed by atoms with van der Waals surface area (Å²) in [5, 5.41) is 0. The lowest BCUT2D eigenvalue weighted by atomic mass is 10.3. The molecule has 0 spiro atoms. The van der Waals surface area contributed by atoms with E-state index in [1.54, 1.807) is 32.0 Å². The molecule has 142 valence electrons. The van der Waals surface area contributed by atoms with Gasteiger partial charge in [0.25, 0.3) is 10.0 Å². The lowest BCUT2D eigenvalue weighted by Gasteiger charge is -2.18. The SMILES string of the molecule is CCN(CC)S(=O)(=O)c1ccc(NS(=O)(=O)c2ccccc2OC)cc1. The van der Waals surface area contributed by atoms with Crippen LogP contribution in [0.5, 0.6) is 5.75 Å². The van der Waals surface area contributed by atoms with Crippen LogP contribution in [0.1, 0.15) is 13.8 Å². The van der Waals surface area contributed by atoms with E-state index in [9.17, 15) is 16.8 Å². The van der Waals surface area contributed by atoms with Crippen LogP contribution in [-0.2, 0) is 20.0 Å². The molecule has 2 rings (SSSR count). The first-order valence-corrected chi connectivity index (χ1v) is 10.9. The third-order valence-corrected chi connectivity index (χ3v) is 7.29. The summed E-state index contributed by atoms with van der Waals surface area (Å²) >= 11 is 0. The quantitative estimate of drug-likeness (QED) is 0.738. The number of rotatable bonds is 8. The fourth-order valence-corrected chi connectivity index (χ4v) is 5.15. The van der Waals surface area contributed by atoms with Crippen molar-refractivity contribution in [2.75, 3.05) is 24.9 Å². The molecule has 0 saturated carbocycles. The van der Waals surface area contributed by atoms with Crippen LogP contribution in [0.2, 0.25) is 0 Å². The Morgan fingerprint density at radius 1 is 0.923 bits per heavy atom. The molecule has 0 aliphatic rings. The second-order valence-corrected chi connectivity index (χ2v) is 8.96. The Balaban J connectivity index is 2.29. The zero-order chi connectivity index (χ0) is 19.4. The minimum atomic E-state index is -3.86. The van der Waals surface area contributed by atoms with Crippen molar-refractivity contribution in [3.63, 3.8) is 0 Å². The molecule has 9 heteroatoms. The average Bonchev–Trinajstić information content (AvgIpc) is 2.62. The van der Waals surface area contributed by atoms with Gasteiger partial charge >= 0.3 is 0 Å². The van der Waals surface area contributed by atoms with Crippen LogP contribution >= 0.6 is 0 Å². The first-order chi connectivity index (χ1) is 12.3. The summed E-state index contributed by atoms with van der Waals surface area (Å²) in [4.78, 5) is 0.115. The number of hydrogen-bond donors (Lipinski definition) is 1. The van der Waals surface area contributed by atoms with Crippen molar-refractivity contribution in [2.24, 2.45) is 0 Å². The van der Waals surface area contributed by atoms with Crippen molar-refractivity contribution in [1.29, 1.82) is 0 Å². The normalized spacial score (nSPS) is 12.2. The molecule has 0 fully saturated rings. The van der Waals surface area contributed by atoms with E-state index in [1.165, 1.54) is 41.7 Å². The number of hydrogen-bond acceptors (Lipinski definition) is 5. The molecule has 26 heavy (non-hydrogen) atoms. The molecule has 0 saturated heterocycles. The van der Waals surface area contributed by atoms with E-state index in [0.717, 1.165) is 0 Å². The van der Waals surface area contributed by atoms with Gasteiger partial charge in [-0.15, -0.1) is 0 Å². The summed E-state index contributed by atoms with van der Waals surface area (Å²) in [5.41, 5.74) is 0.259. The minimum Gasteiger partial charge on any atom is -0.495 e. The van der Waals surface area contributed by atoms with Crippen LogP contribution in [0.25, 0.3) is 0 Å². The van der Waals surface area contributed by atoms with Gasteiger partial charge in [0.15, 0.2) is 0 Å². The lowest BCUT2D eigenvalue weighted by molar-refractivity contribution is 0.403. The molecule has 0 unspecified atom stereocenters. The molecule has 0 bridgehead atoms. The highest BCUT2D eigenvalue weighted by atomic mass is 32.2. The molecule has 0 aliphatic heterocycles. The summed E-state index contributed by atoms with van der Waals surface area (Å²) in [7, 11) is -6.06. The minimum absolute atomic E-state index is 0.00217. The van der Waals surface area contributed by atoms with Crippen LogP contribution in [0.4, 0.5) is 5.69 Å². The summed E-state index contributed by atoms with van der Waals surface area (Å²) < 4.78 is 58.9. The predicted octanol–water partition coefficient (Wildman–Crippen LogP) is 2.53. The van der Waals surface area contributed by atoms with Crippen LogP contribution in [0, 0.1) is 0 Å². The summed E-state index contributed by atoms with van der Waals surface area (Å²) in [6.45, 7) is 4.25. The van der Waals surface area contributed by atoms with Crippen LogP contribution in [-0.4, -0.2) is 41.3 Å². The number of nitrogens with one attached hydrogen (secondary N) is 1. The van der Waals surface area contributed by atoms with Crippen molar-refractivity contribution >= 4 is 25.7 Å². The first-order valence-electron chi connectivity index (χ1n) is 8.02. The molecule has 0 amide bonds. The van der Waals surface area contributed by atoms with E-state index >= 15 is 0 Å². The monoisotopic (exact) mass is 398 g/mol. The highest BCUT2D eigenvalue weighted by molar-refractivity contribution is 7.92. The van der Waals surface area contributed by atoms with E-state index in [1.807, 2.05) is 0 Å². The molecule has 0 heterocycles. The van der Waals surface area contributed by atoms with Crippen molar-refractivity contribution < 1.29 is 21.6 Å². The molecule has 0 aromatic heterocycles. The molecule has 0 radical (unpaired) electrons. The Morgan fingerprint density at radius 3 is 2.04 bits per heavy atom. The maximum atomic E-state index is 12.5. The van der Waals surface area contributed by atoms with E-state index in [-0.39, 0.29) is 21.2 Å². The highest BCUT2D eigenvalue weighted by Crippen LogP contribution is 2.26. The van der Waals surface area contributed by atoms with Crippen LogP contribution < -0.4 is 9.46 Å². The Hall–Kier alpha value is -2.10. The van der Waals surface area contributed by atoms with Gasteiger partial charge in [0.1, 0.15) is 10.6 Å². The van der Waals surface area contributed by atoms with Crippen molar-refractivity contribution in [1.82, 2.24) is 4.31 Å². The number of para-hydroxylation sites is 1. The molecule has 0 atom stereocenters. The van der Waals surface area contributed by atoms with E-state index in [0.29, 0.717) is 13.1 Å². The topological polar surface area (TPSA) is 92.8 Å². The summed E-state index contributed by atoms with van der Waals surface area (Å²) in [6.07, 6.45) is 0. The van der Waals surface area contributed by atoms with E-state index in [4.69, 9.17) is 4.74 Å². The zero-order valence-corrected chi connectivity index (χ0v) is 16.5. The molecule has 2 aromatic rings. The van der Waals surface area contributed by atoms with Gasteiger partial charge in [0, 0.05) is 18.8 Å². The van der Waals surface area contributed by atoms with Gasteiger partial charge in [-0.25, -0.2) is 16.8 Å². The van der Waals surface area contributed by atoms with Gasteiger partial charge in [-0.2, -0.15) is 4.31 Å². The zero-order valence-electron chi connectivity index (χ0n) is 14.8. The third kappa shape index (κ3) is 4.17. The number of nitrogens with zero attached hydrogens (tertiary/aromatic N) is 1. The predicted molar refractivity (Wildman–Crippen MR) is 100 cm³/mol. The third-order valence-electron chi connectivity index (χ3n) is 3.81. The average molecular weight is 399 g/mol. The smallest absolute Gasteiger partial charge is 0.265 e. The maximum Gasteiger partial charge on any atom is 0.265 e. The number of benzene rings is 2. The van der Waals surface area contributed by atoms with Gasteiger partial charge in [-0.1, -0.05) is 26.0 Å². The van der Waals surface area contributed by atoms with Gasteiger partial charge in [0.05, 0.1) is 12.0 Å². The summed E-state index contributed by atoms with van der Waals surface area (Å²) in [5.74, 6) is 0.223. The van der Waals surface area contributed by atoms with E-state index < -0.39 is 20.0 Å². The van der Waals surface area contributed by atoms with E-state index in [2.05, 4.69) is 4.72 Å². The Morgan fingerprint density at radius 2 is 1.50 bits per heavy atom. The van der Waals surface area contributed by atoms with Gasteiger partial charge in [-0.3, -0.25) is 4.72 Å². The largest absolute Gasteiger partial charge is 0.495 e. The highest BCUT2D eigenvalue weighted by Gasteiger charge is 2.22. The van der Waals surface area contributed by atoms with Crippen molar-refractivity contribution in [2.45, 2.75) is 23.6 Å². The van der Waals surface area contributed by atoms with Crippen LogP contribution in [0.15, 0.2) is 58.3 Å². The fourth-order valence-electron chi connectivity index (χ4n) is 2.46. The number of anilines is 1. The second-order valence-electron chi connectivity index (χ2n) is 5.37. The summed E-state index contributed by atoms with van der Waals surface area (Å²) in [6, 6.07) is 11.9. The lowest BCUT2D eigenvalue weighted by Crippen LogP contribution is -2.30. The molecule has 7 nitrogen and oxygen atoms in total. The van der Waals surface area contributed by atoms with Gasteiger partial charge in [0.2, 0.25) is 10.0 Å². The van der Waals surface area contributed by atoms with Gasteiger partial charge in [-0.05, 0) is 36.4 Å². The molecular weight excluding hydrogens is 376 g/mol. The Kier molecular flexibility index (Phi) is 6.27.